The van der Waals surface area contributed by atoms with E-state index in [1.54, 1.807) is 44.2 Å². The molecule has 0 aliphatic rings. The van der Waals surface area contributed by atoms with E-state index < -0.39 is 5.82 Å². The van der Waals surface area contributed by atoms with Gasteiger partial charge in [0.05, 0.1) is 5.02 Å². The van der Waals surface area contributed by atoms with E-state index in [0.717, 1.165) is 0 Å². The largest absolute Gasteiger partial charge is 0.421 e. The highest BCUT2D eigenvalue weighted by molar-refractivity contribution is 6.34. The Kier molecular flexibility index (Phi) is 6.43. The molecule has 0 spiro atoms. The van der Waals surface area contributed by atoms with Crippen molar-refractivity contribution in [2.45, 2.75) is 13.8 Å². The molecular formula is C26H20ClFN8O2. The molecule has 10 nitrogen and oxygen atoms in total. The molecule has 0 bridgehead atoms. The first-order chi connectivity index (χ1) is 18.2. The third kappa shape index (κ3) is 4.74. The first kappa shape index (κ1) is 24.8. The van der Waals surface area contributed by atoms with Crippen LogP contribution in [-0.4, -0.2) is 35.7 Å². The maximum absolute atomic E-state index is 15.2. The zero-order valence-electron chi connectivity index (χ0n) is 20.2. The van der Waals surface area contributed by atoms with E-state index in [0.29, 0.717) is 44.9 Å². The Bertz CT molecular complexity index is 1740. The van der Waals surface area contributed by atoms with Crippen LogP contribution in [0.3, 0.4) is 0 Å². The van der Waals surface area contributed by atoms with E-state index in [-0.39, 0.29) is 28.5 Å². The van der Waals surface area contributed by atoms with Crippen molar-refractivity contribution in [2.75, 3.05) is 11.1 Å². The van der Waals surface area contributed by atoms with Crippen LogP contribution < -0.4 is 15.8 Å². The summed E-state index contributed by atoms with van der Waals surface area (Å²) in [6.45, 7) is 7.01. The molecule has 0 fully saturated rings. The van der Waals surface area contributed by atoms with Crippen molar-refractivity contribution < 1.29 is 13.9 Å². The van der Waals surface area contributed by atoms with E-state index in [2.05, 4.69) is 37.0 Å². The lowest BCUT2D eigenvalue weighted by Gasteiger charge is -2.10. The van der Waals surface area contributed by atoms with Gasteiger partial charge in [-0.3, -0.25) is 4.79 Å². The Morgan fingerprint density at radius 2 is 2.00 bits per heavy atom. The van der Waals surface area contributed by atoms with Gasteiger partial charge in [-0.15, -0.1) is 14.8 Å². The second-order valence-electron chi connectivity index (χ2n) is 8.36. The number of halogens is 2. The topological polar surface area (TPSA) is 133 Å². The summed E-state index contributed by atoms with van der Waals surface area (Å²) in [5.74, 6) is -0.905. The maximum atomic E-state index is 15.2. The van der Waals surface area contributed by atoms with Crippen LogP contribution >= 0.6 is 11.6 Å². The highest BCUT2D eigenvalue weighted by Gasteiger charge is 2.23. The number of hydrogen-bond acceptors (Lipinski definition) is 8. The SMILES string of the molecule is C=C(C)C(=O)Nc1ccc(-c2nn3ncnc(N)c3c2-c2ccc(Oc3nccc(C)n3)c(F)c2)c(Cl)c1. The summed E-state index contributed by atoms with van der Waals surface area (Å²) in [5, 5.41) is 11.7. The number of hydrogen-bond donors (Lipinski definition) is 2. The molecule has 0 radical (unpaired) electrons. The number of nitrogens with zero attached hydrogens (tertiary/aromatic N) is 6. The lowest BCUT2D eigenvalue weighted by Crippen LogP contribution is -2.11. The summed E-state index contributed by atoms with van der Waals surface area (Å²) in [6.07, 6.45) is 2.79. The monoisotopic (exact) mass is 530 g/mol. The van der Waals surface area contributed by atoms with Crippen LogP contribution in [-0.2, 0) is 4.79 Å². The average Bonchev–Trinajstić information content (AvgIpc) is 3.26. The number of anilines is 2. The minimum atomic E-state index is -0.655. The number of rotatable bonds is 6. The van der Waals surface area contributed by atoms with E-state index in [9.17, 15) is 4.79 Å². The molecule has 3 N–H and O–H groups in total. The Hall–Kier alpha value is -4.90. The highest BCUT2D eigenvalue weighted by Crippen LogP contribution is 2.41. The number of carbonyl (C=O) groups is 1. The van der Waals surface area contributed by atoms with Crippen molar-refractivity contribution in [3.63, 3.8) is 0 Å². The second kappa shape index (κ2) is 9.87. The number of nitrogens with two attached hydrogens (primary N) is 1. The number of benzene rings is 2. The van der Waals surface area contributed by atoms with Gasteiger partial charge in [0.15, 0.2) is 17.4 Å². The minimum absolute atomic E-state index is 0.0246. The fourth-order valence-corrected chi connectivity index (χ4v) is 3.99. The van der Waals surface area contributed by atoms with E-state index in [1.807, 2.05) is 0 Å². The molecule has 12 heteroatoms. The molecule has 38 heavy (non-hydrogen) atoms. The van der Waals surface area contributed by atoms with Gasteiger partial charge in [-0.2, -0.15) is 0 Å². The van der Waals surface area contributed by atoms with Crippen LogP contribution in [0.5, 0.6) is 11.8 Å². The van der Waals surface area contributed by atoms with Crippen LogP contribution in [0.25, 0.3) is 27.9 Å². The molecule has 5 aromatic rings. The van der Waals surface area contributed by atoms with Crippen molar-refractivity contribution >= 4 is 34.5 Å². The molecular weight excluding hydrogens is 511 g/mol. The van der Waals surface area contributed by atoms with Crippen LogP contribution in [0, 0.1) is 12.7 Å². The number of amides is 1. The Morgan fingerprint density at radius 1 is 1.18 bits per heavy atom. The Labute approximate surface area is 221 Å². The van der Waals surface area contributed by atoms with E-state index >= 15 is 4.39 Å². The van der Waals surface area contributed by atoms with Gasteiger partial charge in [-0.1, -0.05) is 24.2 Å². The van der Waals surface area contributed by atoms with Crippen LogP contribution in [0.1, 0.15) is 12.6 Å². The smallest absolute Gasteiger partial charge is 0.322 e. The molecule has 0 atom stereocenters. The van der Waals surface area contributed by atoms with Crippen molar-refractivity contribution in [3.8, 4) is 34.1 Å². The first-order valence-corrected chi connectivity index (χ1v) is 11.6. The van der Waals surface area contributed by atoms with Crippen molar-refractivity contribution in [1.82, 2.24) is 29.8 Å². The van der Waals surface area contributed by atoms with Gasteiger partial charge in [0, 0.05) is 34.3 Å². The standard InChI is InChI=1S/C26H20ClFN8O2/c1-13(2)25(37)34-16-5-6-17(18(27)11-16)22-21(23-24(29)31-12-32-36(23)35-22)15-4-7-20(19(28)10-15)38-26-30-9-8-14(3)33-26/h4-12H,1H2,2-3H3,(H,34,37)(H2,29,31,32). The highest BCUT2D eigenvalue weighted by atomic mass is 35.5. The quantitative estimate of drug-likeness (QED) is 0.285. The second-order valence-corrected chi connectivity index (χ2v) is 8.77. The van der Waals surface area contributed by atoms with Gasteiger partial charge in [-0.25, -0.2) is 19.3 Å². The lowest BCUT2D eigenvalue weighted by molar-refractivity contribution is -0.112. The number of nitrogen functional groups attached to an aromatic ring is 1. The van der Waals surface area contributed by atoms with Gasteiger partial charge in [0.25, 0.3) is 5.91 Å². The molecule has 0 aliphatic heterocycles. The number of nitrogens with one attached hydrogen (secondary N) is 1. The number of fused-ring (bicyclic) bond motifs is 1. The molecule has 1 amide bonds. The summed E-state index contributed by atoms with van der Waals surface area (Å²) in [5.41, 5.74) is 9.84. The van der Waals surface area contributed by atoms with Crippen LogP contribution in [0.15, 0.2) is 67.1 Å². The number of ether oxygens (including phenoxy) is 1. The lowest BCUT2D eigenvalue weighted by atomic mass is 9.99. The van der Waals surface area contributed by atoms with E-state index in [1.165, 1.54) is 29.3 Å². The van der Waals surface area contributed by atoms with Gasteiger partial charge >= 0.3 is 6.01 Å². The molecule has 3 aromatic heterocycles. The number of carbonyl (C=O) groups excluding carboxylic acids is 1. The zero-order chi connectivity index (χ0) is 27.0. The Balaban J connectivity index is 1.61. The van der Waals surface area contributed by atoms with Crippen molar-refractivity contribution in [2.24, 2.45) is 0 Å². The fraction of sp³-hybridized carbons (Fsp3) is 0.0769. The molecule has 0 unspecified atom stereocenters. The van der Waals surface area contributed by atoms with Gasteiger partial charge < -0.3 is 15.8 Å². The third-order valence-corrected chi connectivity index (χ3v) is 5.85. The summed E-state index contributed by atoms with van der Waals surface area (Å²) < 4.78 is 22.1. The van der Waals surface area contributed by atoms with Gasteiger partial charge in [0.1, 0.15) is 17.5 Å². The Morgan fingerprint density at radius 3 is 2.71 bits per heavy atom. The molecule has 3 heterocycles. The first-order valence-electron chi connectivity index (χ1n) is 11.2. The van der Waals surface area contributed by atoms with Gasteiger partial charge in [-0.05, 0) is 55.8 Å². The summed E-state index contributed by atoms with van der Waals surface area (Å²) in [7, 11) is 0. The van der Waals surface area contributed by atoms with E-state index in [4.69, 9.17) is 22.1 Å². The molecule has 5 rings (SSSR count). The van der Waals surface area contributed by atoms with Gasteiger partial charge in [0.2, 0.25) is 0 Å². The minimum Gasteiger partial charge on any atom is -0.421 e. The molecule has 0 aliphatic carbocycles. The normalized spacial score (nSPS) is 10.9. The van der Waals surface area contributed by atoms with Crippen LogP contribution in [0.2, 0.25) is 5.02 Å². The zero-order valence-corrected chi connectivity index (χ0v) is 21.0. The number of aryl methyl sites for hydroxylation is 1. The maximum Gasteiger partial charge on any atom is 0.322 e. The van der Waals surface area contributed by atoms with Crippen molar-refractivity contribution in [1.29, 1.82) is 0 Å². The van der Waals surface area contributed by atoms with Crippen LogP contribution in [0.4, 0.5) is 15.9 Å². The summed E-state index contributed by atoms with van der Waals surface area (Å²) >= 11 is 6.62. The summed E-state index contributed by atoms with van der Waals surface area (Å²) in [6, 6.07) is 11.1. The summed E-state index contributed by atoms with van der Waals surface area (Å²) in [4.78, 5) is 24.2. The average molecular weight is 531 g/mol. The molecule has 2 aromatic carbocycles. The molecule has 190 valence electrons. The molecule has 0 saturated heterocycles. The number of aromatic nitrogens is 6. The predicted molar refractivity (Wildman–Crippen MR) is 141 cm³/mol. The molecule has 0 saturated carbocycles. The van der Waals surface area contributed by atoms with Crippen molar-refractivity contribution in [3.05, 3.63) is 83.7 Å². The fourth-order valence-electron chi connectivity index (χ4n) is 3.72. The third-order valence-electron chi connectivity index (χ3n) is 5.53. The predicted octanol–water partition coefficient (Wildman–Crippen LogP) is 5.24.